The van der Waals surface area contributed by atoms with Crippen LogP contribution in [-0.4, -0.2) is 14.8 Å². The smallest absolute Gasteiger partial charge is 0.255 e. The first-order valence-electron chi connectivity index (χ1n) is 10.5. The quantitative estimate of drug-likeness (QED) is 0.378. The van der Waals surface area contributed by atoms with Gasteiger partial charge < -0.3 is 4.40 Å². The van der Waals surface area contributed by atoms with Crippen molar-refractivity contribution in [3.63, 3.8) is 0 Å². The molecule has 0 radical (unpaired) electrons. The molecule has 6 heteroatoms. The van der Waals surface area contributed by atoms with Crippen molar-refractivity contribution in [1.82, 2.24) is 8.97 Å². The number of aromatic nitrogens is 2. The van der Waals surface area contributed by atoms with E-state index in [1.807, 2.05) is 18.2 Å². The van der Waals surface area contributed by atoms with E-state index in [9.17, 15) is 14.9 Å². The Morgan fingerprint density at radius 3 is 2.00 bits per heavy atom. The predicted octanol–water partition coefficient (Wildman–Crippen LogP) is 4.73. The van der Waals surface area contributed by atoms with E-state index in [1.165, 1.54) is 10.6 Å². The Hall–Kier alpha value is -5.20. The second kappa shape index (κ2) is 8.38. The molecule has 160 valence electrons. The average molecular weight is 440 g/mol. The Labute approximate surface area is 194 Å². The summed E-state index contributed by atoms with van der Waals surface area (Å²) in [6, 6.07) is 28.0. The number of ketones is 1. The van der Waals surface area contributed by atoms with E-state index < -0.39 is 0 Å². The molecule has 0 N–H and O–H groups in total. The lowest BCUT2D eigenvalue weighted by Crippen LogP contribution is -2.16. The molecule has 0 aliphatic heterocycles. The molecule has 5 aromatic rings. The van der Waals surface area contributed by atoms with Crippen LogP contribution < -0.4 is 5.56 Å². The van der Waals surface area contributed by atoms with Crippen LogP contribution in [0.25, 0.3) is 22.3 Å². The number of hydrogen-bond acceptors (Lipinski definition) is 4. The van der Waals surface area contributed by atoms with Crippen LogP contribution in [0.3, 0.4) is 0 Å². The van der Waals surface area contributed by atoms with Crippen LogP contribution >= 0.6 is 0 Å². The van der Waals surface area contributed by atoms with Crippen molar-refractivity contribution in [3.05, 3.63) is 130 Å². The summed E-state index contributed by atoms with van der Waals surface area (Å²) < 4.78 is 3.31. The normalized spacial score (nSPS) is 10.5. The molecule has 0 unspecified atom stereocenters. The van der Waals surface area contributed by atoms with E-state index in [0.29, 0.717) is 44.7 Å². The zero-order chi connectivity index (χ0) is 23.7. The van der Waals surface area contributed by atoms with Gasteiger partial charge in [0.15, 0.2) is 0 Å². The maximum Gasteiger partial charge on any atom is 0.255 e. The number of fused-ring (bicyclic) bond motifs is 1. The van der Waals surface area contributed by atoms with Gasteiger partial charge in [-0.25, -0.2) is 0 Å². The van der Waals surface area contributed by atoms with Crippen molar-refractivity contribution in [2.45, 2.75) is 0 Å². The largest absolute Gasteiger partial charge is 0.311 e. The van der Waals surface area contributed by atoms with E-state index in [2.05, 4.69) is 12.1 Å². The van der Waals surface area contributed by atoms with Crippen LogP contribution in [0.2, 0.25) is 0 Å². The third kappa shape index (κ3) is 3.37. The highest BCUT2D eigenvalue weighted by molar-refractivity contribution is 6.15. The van der Waals surface area contributed by atoms with Crippen molar-refractivity contribution in [1.29, 1.82) is 10.5 Å². The number of carbonyl (C=O) groups is 1. The van der Waals surface area contributed by atoms with Crippen molar-refractivity contribution in [2.75, 3.05) is 0 Å². The van der Waals surface area contributed by atoms with Crippen LogP contribution in [0, 0.1) is 22.7 Å². The maximum absolute atomic E-state index is 13.9. The highest BCUT2D eigenvalue weighted by Gasteiger charge is 2.26. The van der Waals surface area contributed by atoms with Crippen molar-refractivity contribution in [2.24, 2.45) is 0 Å². The van der Waals surface area contributed by atoms with Gasteiger partial charge in [-0.15, -0.1) is 0 Å². The van der Waals surface area contributed by atoms with Crippen LogP contribution in [0.15, 0.2) is 102 Å². The Bertz CT molecular complexity index is 1690. The van der Waals surface area contributed by atoms with Crippen LogP contribution in [0.1, 0.15) is 27.2 Å². The summed E-state index contributed by atoms with van der Waals surface area (Å²) in [6.07, 6.45) is 3.46. The third-order valence-electron chi connectivity index (χ3n) is 5.67. The van der Waals surface area contributed by atoms with Gasteiger partial charge in [-0.2, -0.15) is 10.5 Å². The number of hydrogen-bond donors (Lipinski definition) is 0. The highest BCUT2D eigenvalue weighted by atomic mass is 16.1. The van der Waals surface area contributed by atoms with Gasteiger partial charge in [-0.3, -0.25) is 14.2 Å². The van der Waals surface area contributed by atoms with E-state index in [0.717, 1.165) is 0 Å². The Morgan fingerprint density at radius 2 is 1.35 bits per heavy atom. The van der Waals surface area contributed by atoms with Crippen molar-refractivity contribution >= 4 is 11.3 Å². The second-order valence-corrected chi connectivity index (χ2v) is 7.64. The molecule has 0 amide bonds. The lowest BCUT2D eigenvalue weighted by atomic mass is 9.97. The monoisotopic (exact) mass is 440 g/mol. The van der Waals surface area contributed by atoms with Gasteiger partial charge in [0.25, 0.3) is 5.56 Å². The standard InChI is InChI=1S/C28H16N4O2/c29-17-19-7-11-21(12-8-19)25-26(32-16-4-2-6-24(32)33)23-5-1-3-15-31(23)27(25)28(34)22-13-9-20(18-30)10-14-22/h1-16H. The minimum absolute atomic E-state index is 0.230. The van der Waals surface area contributed by atoms with Gasteiger partial charge in [0, 0.05) is 29.6 Å². The fourth-order valence-corrected chi connectivity index (χ4v) is 4.09. The summed E-state index contributed by atoms with van der Waals surface area (Å²) in [6.45, 7) is 0. The fraction of sp³-hybridized carbons (Fsp3) is 0. The molecule has 0 bridgehead atoms. The lowest BCUT2D eigenvalue weighted by Gasteiger charge is -2.10. The molecule has 3 aromatic heterocycles. The number of nitrogens with zero attached hydrogens (tertiary/aromatic N) is 4. The summed E-state index contributed by atoms with van der Waals surface area (Å²) in [7, 11) is 0. The summed E-state index contributed by atoms with van der Waals surface area (Å²) in [4.78, 5) is 26.7. The summed E-state index contributed by atoms with van der Waals surface area (Å²) in [5.41, 5.74) is 4.07. The molecule has 5 rings (SSSR count). The maximum atomic E-state index is 13.9. The number of rotatable bonds is 4. The molecular formula is C28H16N4O2. The second-order valence-electron chi connectivity index (χ2n) is 7.64. The van der Waals surface area contributed by atoms with Crippen LogP contribution in [0.5, 0.6) is 0 Å². The summed E-state index contributed by atoms with van der Waals surface area (Å²) >= 11 is 0. The molecule has 34 heavy (non-hydrogen) atoms. The molecule has 0 aliphatic rings. The van der Waals surface area contributed by atoms with Gasteiger partial charge in [0.1, 0.15) is 5.69 Å². The molecule has 0 atom stereocenters. The molecule has 3 heterocycles. The molecule has 0 aliphatic carbocycles. The molecular weight excluding hydrogens is 424 g/mol. The zero-order valence-corrected chi connectivity index (χ0v) is 17.8. The first kappa shape index (κ1) is 20.7. The summed E-state index contributed by atoms with van der Waals surface area (Å²) in [5, 5.41) is 18.4. The van der Waals surface area contributed by atoms with Crippen LogP contribution in [-0.2, 0) is 0 Å². The number of carbonyl (C=O) groups excluding carboxylic acids is 1. The zero-order valence-electron chi connectivity index (χ0n) is 17.8. The Morgan fingerprint density at radius 1 is 0.735 bits per heavy atom. The fourth-order valence-electron chi connectivity index (χ4n) is 4.09. The highest BCUT2D eigenvalue weighted by Crippen LogP contribution is 2.37. The first-order chi connectivity index (χ1) is 16.6. The summed E-state index contributed by atoms with van der Waals surface area (Å²) in [5.74, 6) is -0.250. The van der Waals surface area contributed by atoms with Gasteiger partial charge >= 0.3 is 0 Å². The number of pyridine rings is 2. The molecule has 0 saturated carbocycles. The Kier molecular flexibility index (Phi) is 5.10. The number of benzene rings is 2. The number of nitriles is 2. The SMILES string of the molecule is N#Cc1ccc(C(=O)c2c(-c3ccc(C#N)cc3)c(-n3ccccc3=O)c3ccccn23)cc1. The predicted molar refractivity (Wildman–Crippen MR) is 128 cm³/mol. The van der Waals surface area contributed by atoms with Gasteiger partial charge in [0.2, 0.25) is 5.78 Å². The molecule has 6 nitrogen and oxygen atoms in total. The molecule has 0 fully saturated rings. The van der Waals surface area contributed by atoms with Crippen molar-refractivity contribution < 1.29 is 4.79 Å². The minimum atomic E-state index is -0.250. The van der Waals surface area contributed by atoms with Gasteiger partial charge in [-0.05, 0) is 60.2 Å². The average Bonchev–Trinajstić information content (AvgIpc) is 3.23. The van der Waals surface area contributed by atoms with Crippen LogP contribution in [0.4, 0.5) is 0 Å². The molecule has 0 spiro atoms. The first-order valence-corrected chi connectivity index (χ1v) is 10.5. The minimum Gasteiger partial charge on any atom is -0.311 e. The lowest BCUT2D eigenvalue weighted by molar-refractivity contribution is 0.103. The molecule has 2 aromatic carbocycles. The van der Waals surface area contributed by atoms with E-state index in [-0.39, 0.29) is 11.3 Å². The third-order valence-corrected chi connectivity index (χ3v) is 5.67. The topological polar surface area (TPSA) is 91.1 Å². The van der Waals surface area contributed by atoms with Gasteiger partial charge in [0.05, 0.1) is 34.5 Å². The van der Waals surface area contributed by atoms with E-state index >= 15 is 0 Å². The van der Waals surface area contributed by atoms with Gasteiger partial charge in [-0.1, -0.05) is 24.3 Å². The van der Waals surface area contributed by atoms with E-state index in [4.69, 9.17) is 5.26 Å². The Balaban J connectivity index is 1.88. The van der Waals surface area contributed by atoms with Crippen molar-refractivity contribution in [3.8, 4) is 29.0 Å². The van der Waals surface area contributed by atoms with E-state index in [1.54, 1.807) is 77.5 Å². The molecule has 0 saturated heterocycles.